The predicted molar refractivity (Wildman–Crippen MR) is 39.7 cm³/mol. The molecule has 2 heterocycles. The van der Waals surface area contributed by atoms with Crippen LogP contribution < -0.4 is 4.74 Å². The van der Waals surface area contributed by atoms with Crippen molar-refractivity contribution in [3.63, 3.8) is 0 Å². The molecule has 0 aliphatic heterocycles. The van der Waals surface area contributed by atoms with E-state index >= 15 is 0 Å². The monoisotopic (exact) mass is 179 g/mol. The van der Waals surface area contributed by atoms with E-state index in [1.807, 2.05) is 0 Å². The Morgan fingerprint density at radius 3 is 2.69 bits per heavy atom. The SMILES string of the molecule is COc1cnc(-c2ncon2)nn1. The summed E-state index contributed by atoms with van der Waals surface area (Å²) in [5.41, 5.74) is 0. The van der Waals surface area contributed by atoms with Crippen LogP contribution in [-0.4, -0.2) is 32.4 Å². The quantitative estimate of drug-likeness (QED) is 0.637. The maximum atomic E-state index is 4.79. The van der Waals surface area contributed by atoms with Gasteiger partial charge in [0.15, 0.2) is 0 Å². The molecule has 0 amide bonds. The summed E-state index contributed by atoms with van der Waals surface area (Å²) in [7, 11) is 1.49. The maximum Gasteiger partial charge on any atom is 0.251 e. The third-order valence-electron chi connectivity index (χ3n) is 1.31. The van der Waals surface area contributed by atoms with E-state index in [4.69, 9.17) is 4.74 Å². The topological polar surface area (TPSA) is 86.8 Å². The van der Waals surface area contributed by atoms with Crippen molar-refractivity contribution in [2.24, 2.45) is 0 Å². The van der Waals surface area contributed by atoms with Crippen LogP contribution in [-0.2, 0) is 0 Å². The average Bonchev–Trinajstić information content (AvgIpc) is 2.71. The Morgan fingerprint density at radius 2 is 2.15 bits per heavy atom. The van der Waals surface area contributed by atoms with Gasteiger partial charge in [0, 0.05) is 0 Å². The van der Waals surface area contributed by atoms with Crippen molar-refractivity contribution in [1.29, 1.82) is 0 Å². The number of nitrogens with zero attached hydrogens (tertiary/aromatic N) is 5. The molecule has 2 aromatic heterocycles. The Labute approximate surface area is 72.8 Å². The first-order valence-electron chi connectivity index (χ1n) is 3.40. The van der Waals surface area contributed by atoms with Gasteiger partial charge in [-0.05, 0) is 0 Å². The van der Waals surface area contributed by atoms with Crippen LogP contribution in [0.1, 0.15) is 0 Å². The summed E-state index contributed by atoms with van der Waals surface area (Å²) in [6.45, 7) is 0. The van der Waals surface area contributed by atoms with Crippen LogP contribution >= 0.6 is 0 Å². The number of ether oxygens (including phenoxy) is 1. The van der Waals surface area contributed by atoms with Crippen LogP contribution in [0.3, 0.4) is 0 Å². The average molecular weight is 179 g/mol. The van der Waals surface area contributed by atoms with E-state index in [2.05, 4.69) is 29.8 Å². The summed E-state index contributed by atoms with van der Waals surface area (Å²) in [4.78, 5) is 7.67. The number of hydrogen-bond acceptors (Lipinski definition) is 7. The third-order valence-corrected chi connectivity index (χ3v) is 1.31. The van der Waals surface area contributed by atoms with Crippen molar-refractivity contribution >= 4 is 0 Å². The van der Waals surface area contributed by atoms with Crippen LogP contribution in [0.2, 0.25) is 0 Å². The lowest BCUT2D eigenvalue weighted by Crippen LogP contribution is -1.96. The zero-order chi connectivity index (χ0) is 9.10. The zero-order valence-electron chi connectivity index (χ0n) is 6.71. The van der Waals surface area contributed by atoms with Gasteiger partial charge in [0.05, 0.1) is 13.3 Å². The van der Waals surface area contributed by atoms with Gasteiger partial charge in [-0.3, -0.25) is 0 Å². The van der Waals surface area contributed by atoms with Crippen molar-refractivity contribution in [3.8, 4) is 17.5 Å². The van der Waals surface area contributed by atoms with Crippen molar-refractivity contribution in [1.82, 2.24) is 25.3 Å². The van der Waals surface area contributed by atoms with Gasteiger partial charge in [0.25, 0.3) is 5.88 Å². The van der Waals surface area contributed by atoms with E-state index in [1.54, 1.807) is 0 Å². The molecule has 13 heavy (non-hydrogen) atoms. The molecular formula is C6H5N5O2. The fourth-order valence-corrected chi connectivity index (χ4v) is 0.730. The second-order valence-electron chi connectivity index (χ2n) is 2.08. The fraction of sp³-hybridized carbons (Fsp3) is 0.167. The van der Waals surface area contributed by atoms with Gasteiger partial charge in [-0.15, -0.1) is 10.2 Å². The molecule has 7 nitrogen and oxygen atoms in total. The second kappa shape index (κ2) is 3.13. The molecule has 0 aliphatic carbocycles. The first-order chi connectivity index (χ1) is 6.40. The minimum atomic E-state index is 0.301. The Bertz CT molecular complexity index is 370. The molecule has 2 rings (SSSR count). The number of hydrogen-bond donors (Lipinski definition) is 0. The minimum Gasteiger partial charge on any atom is -0.479 e. The van der Waals surface area contributed by atoms with Crippen molar-refractivity contribution in [2.75, 3.05) is 7.11 Å². The van der Waals surface area contributed by atoms with Crippen molar-refractivity contribution < 1.29 is 9.26 Å². The third kappa shape index (κ3) is 1.43. The molecule has 0 N–H and O–H groups in total. The molecule has 0 saturated heterocycles. The van der Waals surface area contributed by atoms with Gasteiger partial charge < -0.3 is 9.26 Å². The second-order valence-corrected chi connectivity index (χ2v) is 2.08. The number of aromatic nitrogens is 5. The maximum absolute atomic E-state index is 4.79. The summed E-state index contributed by atoms with van der Waals surface area (Å²) in [6, 6.07) is 0. The van der Waals surface area contributed by atoms with Gasteiger partial charge in [0.1, 0.15) is 0 Å². The molecule has 0 fully saturated rings. The summed E-state index contributed by atoms with van der Waals surface area (Å²) in [6.07, 6.45) is 2.63. The first kappa shape index (κ1) is 7.59. The molecule has 0 aliphatic rings. The van der Waals surface area contributed by atoms with Crippen LogP contribution in [0.15, 0.2) is 17.1 Å². The molecule has 0 saturated carbocycles. The van der Waals surface area contributed by atoms with Crippen LogP contribution in [0.5, 0.6) is 5.88 Å². The van der Waals surface area contributed by atoms with E-state index < -0.39 is 0 Å². The van der Waals surface area contributed by atoms with E-state index in [0.29, 0.717) is 17.5 Å². The van der Waals surface area contributed by atoms with Crippen LogP contribution in [0.25, 0.3) is 11.6 Å². The molecule has 0 unspecified atom stereocenters. The smallest absolute Gasteiger partial charge is 0.251 e. The van der Waals surface area contributed by atoms with Gasteiger partial charge in [-0.25, -0.2) is 4.98 Å². The lowest BCUT2D eigenvalue weighted by molar-refractivity contribution is 0.389. The Hall–Kier alpha value is -2.05. The molecule has 0 radical (unpaired) electrons. The highest BCUT2D eigenvalue weighted by atomic mass is 16.5. The zero-order valence-corrected chi connectivity index (χ0v) is 6.71. The molecule has 0 aromatic carbocycles. The molecule has 0 atom stereocenters. The van der Waals surface area contributed by atoms with Crippen molar-refractivity contribution in [3.05, 3.63) is 12.6 Å². The molecule has 0 bridgehead atoms. The minimum absolute atomic E-state index is 0.301. The standard InChI is InChI=1S/C6H5N5O2/c1-12-4-2-7-5(10-9-4)6-8-3-13-11-6/h2-3H,1H3. The molecule has 66 valence electrons. The fourth-order valence-electron chi connectivity index (χ4n) is 0.730. The summed E-state index contributed by atoms with van der Waals surface area (Å²) in [5, 5.41) is 11.0. The van der Waals surface area contributed by atoms with E-state index in [-0.39, 0.29) is 0 Å². The van der Waals surface area contributed by atoms with E-state index in [1.165, 1.54) is 19.7 Å². The Morgan fingerprint density at radius 1 is 1.23 bits per heavy atom. The van der Waals surface area contributed by atoms with Crippen molar-refractivity contribution in [2.45, 2.75) is 0 Å². The predicted octanol–water partition coefficient (Wildman–Crippen LogP) is -0.0698. The van der Waals surface area contributed by atoms with Gasteiger partial charge >= 0.3 is 0 Å². The summed E-state index contributed by atoms with van der Waals surface area (Å²) >= 11 is 0. The summed E-state index contributed by atoms with van der Waals surface area (Å²) < 4.78 is 9.31. The lowest BCUT2D eigenvalue weighted by atomic mass is 10.6. The van der Waals surface area contributed by atoms with Crippen LogP contribution in [0.4, 0.5) is 0 Å². The number of rotatable bonds is 2. The van der Waals surface area contributed by atoms with Gasteiger partial charge in [-0.2, -0.15) is 4.98 Å². The highest BCUT2D eigenvalue weighted by Crippen LogP contribution is 2.07. The number of methoxy groups -OCH3 is 1. The molecule has 2 aromatic rings. The molecule has 7 heteroatoms. The summed E-state index contributed by atoms with van der Waals surface area (Å²) in [5.74, 6) is 0.942. The largest absolute Gasteiger partial charge is 0.479 e. The van der Waals surface area contributed by atoms with E-state index in [9.17, 15) is 0 Å². The molecular weight excluding hydrogens is 174 g/mol. The highest BCUT2D eigenvalue weighted by Gasteiger charge is 2.06. The van der Waals surface area contributed by atoms with Gasteiger partial charge in [-0.1, -0.05) is 5.16 Å². The lowest BCUT2D eigenvalue weighted by Gasteiger charge is -1.95. The van der Waals surface area contributed by atoms with E-state index in [0.717, 1.165) is 0 Å². The van der Waals surface area contributed by atoms with Gasteiger partial charge in [0.2, 0.25) is 18.0 Å². The van der Waals surface area contributed by atoms with Crippen LogP contribution in [0, 0.1) is 0 Å². The Kier molecular flexibility index (Phi) is 1.83. The molecule has 0 spiro atoms. The normalized spacial score (nSPS) is 9.92. The Balaban J connectivity index is 2.33. The highest BCUT2D eigenvalue weighted by molar-refractivity contribution is 5.39. The first-order valence-corrected chi connectivity index (χ1v) is 3.40.